The fourth-order valence-corrected chi connectivity index (χ4v) is 4.80. The highest BCUT2D eigenvalue weighted by Crippen LogP contribution is 2.42. The van der Waals surface area contributed by atoms with E-state index in [1.807, 2.05) is 4.68 Å². The van der Waals surface area contributed by atoms with Crippen LogP contribution in [0.3, 0.4) is 0 Å². The third-order valence-corrected chi connectivity index (χ3v) is 6.14. The maximum absolute atomic E-state index is 4.56. The number of hydrogen-bond acceptors (Lipinski definition) is 4. The summed E-state index contributed by atoms with van der Waals surface area (Å²) in [5.74, 6) is 0.885. The standard InChI is InChI=1S/C24H28N6/c1-16-9-8-10-17(15-16)29-14-13-19-18-11-6-7-12-20(18)28(5)21(19)22(29)23-25-26-27-30(23)24(2,3)4/h6-12,15,22H,13-14H2,1-5H3. The SMILES string of the molecule is Cc1cccc(N2CCc3c(n(C)c4ccccc34)C2c2nnnn2C(C)(C)C)c1. The second-order valence-corrected chi connectivity index (χ2v) is 9.24. The lowest BCUT2D eigenvalue weighted by molar-refractivity contribution is 0.327. The van der Waals surface area contributed by atoms with Crippen LogP contribution in [0.15, 0.2) is 48.5 Å². The van der Waals surface area contributed by atoms with E-state index in [9.17, 15) is 0 Å². The number of anilines is 1. The number of rotatable bonds is 2. The summed E-state index contributed by atoms with van der Waals surface area (Å²) in [7, 11) is 2.17. The Morgan fingerprint density at radius 3 is 2.60 bits per heavy atom. The van der Waals surface area contributed by atoms with Crippen molar-refractivity contribution in [3.63, 3.8) is 0 Å². The fraction of sp³-hybridized carbons (Fsp3) is 0.375. The first kappa shape index (κ1) is 18.9. The van der Waals surface area contributed by atoms with E-state index >= 15 is 0 Å². The molecule has 30 heavy (non-hydrogen) atoms. The van der Waals surface area contributed by atoms with Gasteiger partial charge in [-0.2, -0.15) is 0 Å². The summed E-state index contributed by atoms with van der Waals surface area (Å²) in [6, 6.07) is 17.3. The number of tetrazole rings is 1. The van der Waals surface area contributed by atoms with Crippen molar-refractivity contribution in [3.05, 3.63) is 71.2 Å². The van der Waals surface area contributed by atoms with Crippen LogP contribution in [-0.2, 0) is 19.0 Å². The molecular weight excluding hydrogens is 372 g/mol. The topological polar surface area (TPSA) is 51.8 Å². The van der Waals surface area contributed by atoms with Gasteiger partial charge in [-0.1, -0.05) is 30.3 Å². The number of fused-ring (bicyclic) bond motifs is 3. The second kappa shape index (κ2) is 6.69. The first-order valence-electron chi connectivity index (χ1n) is 10.5. The molecule has 3 heterocycles. The van der Waals surface area contributed by atoms with Crippen LogP contribution in [-0.4, -0.2) is 31.3 Å². The van der Waals surface area contributed by atoms with Crippen molar-refractivity contribution in [2.75, 3.05) is 11.4 Å². The molecule has 5 rings (SSSR count). The molecule has 0 N–H and O–H groups in total. The molecule has 0 saturated carbocycles. The minimum atomic E-state index is -0.209. The normalized spacial score (nSPS) is 16.8. The summed E-state index contributed by atoms with van der Waals surface area (Å²) >= 11 is 0. The zero-order valence-electron chi connectivity index (χ0n) is 18.3. The van der Waals surface area contributed by atoms with Gasteiger partial charge in [0.1, 0.15) is 6.04 Å². The minimum Gasteiger partial charge on any atom is -0.356 e. The molecule has 4 aromatic rings. The molecular formula is C24H28N6. The first-order valence-corrected chi connectivity index (χ1v) is 10.5. The number of aryl methyl sites for hydroxylation is 2. The van der Waals surface area contributed by atoms with E-state index in [1.165, 1.54) is 33.4 Å². The monoisotopic (exact) mass is 400 g/mol. The van der Waals surface area contributed by atoms with Gasteiger partial charge in [0.2, 0.25) is 0 Å². The fourth-order valence-electron chi connectivity index (χ4n) is 4.80. The van der Waals surface area contributed by atoms with Crippen LogP contribution in [0.4, 0.5) is 5.69 Å². The summed E-state index contributed by atoms with van der Waals surface area (Å²) in [6.07, 6.45) is 0.998. The Morgan fingerprint density at radius 1 is 1.03 bits per heavy atom. The largest absolute Gasteiger partial charge is 0.356 e. The Balaban J connectivity index is 1.79. The molecule has 0 spiro atoms. The smallest absolute Gasteiger partial charge is 0.180 e. The van der Waals surface area contributed by atoms with Gasteiger partial charge in [0.05, 0.1) is 11.2 Å². The number of para-hydroxylation sites is 1. The second-order valence-electron chi connectivity index (χ2n) is 9.24. The number of aromatic nitrogens is 5. The Hall–Kier alpha value is -3.15. The molecule has 6 heteroatoms. The molecule has 1 unspecified atom stereocenters. The molecule has 0 amide bonds. The molecule has 1 aliphatic heterocycles. The van der Waals surface area contributed by atoms with Crippen LogP contribution in [0.2, 0.25) is 0 Å². The van der Waals surface area contributed by atoms with Crippen LogP contribution in [0.1, 0.15) is 49.5 Å². The van der Waals surface area contributed by atoms with Gasteiger partial charge in [-0.25, -0.2) is 4.68 Å². The maximum atomic E-state index is 4.56. The van der Waals surface area contributed by atoms with Gasteiger partial charge in [-0.3, -0.25) is 0 Å². The molecule has 0 radical (unpaired) electrons. The van der Waals surface area contributed by atoms with Crippen LogP contribution in [0.25, 0.3) is 10.9 Å². The van der Waals surface area contributed by atoms with Crippen LogP contribution < -0.4 is 4.90 Å². The van der Waals surface area contributed by atoms with E-state index < -0.39 is 0 Å². The van der Waals surface area contributed by atoms with Crippen LogP contribution >= 0.6 is 0 Å². The highest BCUT2D eigenvalue weighted by Gasteiger charge is 2.38. The van der Waals surface area contributed by atoms with Gasteiger partial charge in [-0.15, -0.1) is 5.10 Å². The average Bonchev–Trinajstić information content (AvgIpc) is 3.32. The lowest BCUT2D eigenvalue weighted by atomic mass is 9.95. The number of benzene rings is 2. The van der Waals surface area contributed by atoms with Crippen molar-refractivity contribution in [2.24, 2.45) is 7.05 Å². The molecule has 1 atom stereocenters. The highest BCUT2D eigenvalue weighted by molar-refractivity contribution is 5.86. The van der Waals surface area contributed by atoms with Gasteiger partial charge >= 0.3 is 0 Å². The van der Waals surface area contributed by atoms with E-state index in [1.54, 1.807) is 0 Å². The van der Waals surface area contributed by atoms with Crippen molar-refractivity contribution >= 4 is 16.6 Å². The summed E-state index contributed by atoms with van der Waals surface area (Å²) in [6.45, 7) is 9.51. The van der Waals surface area contributed by atoms with E-state index in [4.69, 9.17) is 0 Å². The third-order valence-electron chi connectivity index (χ3n) is 6.14. The molecule has 6 nitrogen and oxygen atoms in total. The number of hydrogen-bond donors (Lipinski definition) is 0. The Labute approximate surface area is 177 Å². The van der Waals surface area contributed by atoms with Gasteiger partial charge < -0.3 is 9.47 Å². The summed E-state index contributed by atoms with van der Waals surface area (Å²) in [5, 5.41) is 14.4. The Bertz CT molecular complexity index is 1230. The third kappa shape index (κ3) is 2.82. The molecule has 2 aromatic carbocycles. The van der Waals surface area contributed by atoms with Gasteiger partial charge in [-0.05, 0) is 73.9 Å². The molecule has 154 valence electrons. The molecule has 0 saturated heterocycles. The van der Waals surface area contributed by atoms with Crippen LogP contribution in [0, 0.1) is 6.92 Å². The zero-order valence-corrected chi connectivity index (χ0v) is 18.3. The maximum Gasteiger partial charge on any atom is 0.180 e. The minimum absolute atomic E-state index is 0.0535. The Morgan fingerprint density at radius 2 is 1.83 bits per heavy atom. The first-order chi connectivity index (χ1) is 14.4. The molecule has 1 aliphatic rings. The predicted octanol–water partition coefficient (Wildman–Crippen LogP) is 4.38. The van der Waals surface area contributed by atoms with Crippen molar-refractivity contribution in [2.45, 2.75) is 45.7 Å². The lowest BCUT2D eigenvalue weighted by Crippen LogP contribution is -2.40. The van der Waals surface area contributed by atoms with E-state index in [0.29, 0.717) is 0 Å². The van der Waals surface area contributed by atoms with Gasteiger partial charge in [0, 0.05) is 30.2 Å². The molecule has 2 aromatic heterocycles. The predicted molar refractivity (Wildman–Crippen MR) is 120 cm³/mol. The van der Waals surface area contributed by atoms with Crippen molar-refractivity contribution < 1.29 is 0 Å². The van der Waals surface area contributed by atoms with Crippen LogP contribution in [0.5, 0.6) is 0 Å². The zero-order chi connectivity index (χ0) is 21.0. The van der Waals surface area contributed by atoms with Gasteiger partial charge in [0.15, 0.2) is 5.82 Å². The Kier molecular flexibility index (Phi) is 4.20. The summed E-state index contributed by atoms with van der Waals surface area (Å²) < 4.78 is 4.31. The quantitative estimate of drug-likeness (QED) is 0.501. The van der Waals surface area contributed by atoms with Crippen molar-refractivity contribution in [1.82, 2.24) is 24.8 Å². The van der Waals surface area contributed by atoms with E-state index in [2.05, 4.69) is 108 Å². The van der Waals surface area contributed by atoms with E-state index in [-0.39, 0.29) is 11.6 Å². The molecule has 0 bridgehead atoms. The van der Waals surface area contributed by atoms with Crippen molar-refractivity contribution in [1.29, 1.82) is 0 Å². The average molecular weight is 401 g/mol. The molecule has 0 aliphatic carbocycles. The summed E-state index contributed by atoms with van der Waals surface area (Å²) in [4.78, 5) is 2.46. The molecule has 0 fully saturated rings. The van der Waals surface area contributed by atoms with E-state index in [0.717, 1.165) is 18.8 Å². The van der Waals surface area contributed by atoms with Crippen molar-refractivity contribution in [3.8, 4) is 0 Å². The van der Waals surface area contributed by atoms with Gasteiger partial charge in [0.25, 0.3) is 0 Å². The summed E-state index contributed by atoms with van der Waals surface area (Å²) in [5.41, 5.74) is 6.20. The number of nitrogens with zero attached hydrogens (tertiary/aromatic N) is 6. The highest BCUT2D eigenvalue weighted by atomic mass is 15.6. The lowest BCUT2D eigenvalue weighted by Gasteiger charge is -2.38.